The number of nitrogens with one attached hydrogen (secondary N) is 2. The van der Waals surface area contributed by atoms with Crippen LogP contribution in [0.4, 0.5) is 4.79 Å². The van der Waals surface area contributed by atoms with Crippen molar-refractivity contribution in [2.75, 3.05) is 0 Å². The fraction of sp³-hybridized carbons (Fsp3) is 0.875. The van der Waals surface area contributed by atoms with Gasteiger partial charge in [0.1, 0.15) is 0 Å². The Kier molecular flexibility index (Phi) is 7.15. The molecule has 0 radical (unpaired) electrons. The molecule has 1 atom stereocenters. The number of hydrogen-bond acceptors (Lipinski definition) is 2. The standard InChI is InChI=1S/C16H31N3O2/c1-12(14(20)18-15(21)19-16(2,3)4)17-13-10-8-6-5-7-9-11-13/h12-13,17H,5-11H2,1-4H3,(H2,18,19,20,21)/p+1/t12-/m0/s1. The summed E-state index contributed by atoms with van der Waals surface area (Å²) in [6.45, 7) is 7.54. The lowest BCUT2D eigenvalue weighted by Crippen LogP contribution is -2.96. The fourth-order valence-electron chi connectivity index (χ4n) is 2.77. The summed E-state index contributed by atoms with van der Waals surface area (Å²) >= 11 is 0. The minimum atomic E-state index is -0.412. The molecule has 0 unspecified atom stereocenters. The van der Waals surface area contributed by atoms with Gasteiger partial charge in [0, 0.05) is 5.54 Å². The largest absolute Gasteiger partial charge is 0.334 e. The second-order valence-electron chi connectivity index (χ2n) is 7.28. The van der Waals surface area contributed by atoms with Crippen LogP contribution >= 0.6 is 0 Å². The monoisotopic (exact) mass is 298 g/mol. The van der Waals surface area contributed by atoms with Gasteiger partial charge in [0.15, 0.2) is 6.04 Å². The third kappa shape index (κ3) is 8.05. The van der Waals surface area contributed by atoms with Crippen molar-refractivity contribution in [3.05, 3.63) is 0 Å². The highest BCUT2D eigenvalue weighted by Crippen LogP contribution is 2.15. The van der Waals surface area contributed by atoms with E-state index in [1.807, 2.05) is 27.7 Å². The number of carbonyl (C=O) groups excluding carboxylic acids is 2. The van der Waals surface area contributed by atoms with Gasteiger partial charge in [-0.05, 0) is 53.4 Å². The minimum Gasteiger partial charge on any atom is -0.334 e. The van der Waals surface area contributed by atoms with E-state index in [1.165, 1.54) is 44.9 Å². The van der Waals surface area contributed by atoms with Gasteiger partial charge in [-0.25, -0.2) is 4.79 Å². The summed E-state index contributed by atoms with van der Waals surface area (Å²) < 4.78 is 0. The number of imide groups is 1. The van der Waals surface area contributed by atoms with Crippen molar-refractivity contribution < 1.29 is 14.9 Å². The first-order valence-electron chi connectivity index (χ1n) is 8.26. The molecule has 0 spiro atoms. The fourth-order valence-corrected chi connectivity index (χ4v) is 2.77. The number of amides is 3. The van der Waals surface area contributed by atoms with Crippen molar-refractivity contribution in [1.29, 1.82) is 0 Å². The van der Waals surface area contributed by atoms with E-state index in [0.29, 0.717) is 6.04 Å². The summed E-state index contributed by atoms with van der Waals surface area (Å²) in [6, 6.07) is -0.123. The van der Waals surface area contributed by atoms with Crippen LogP contribution in [0.2, 0.25) is 0 Å². The Morgan fingerprint density at radius 3 is 2.10 bits per heavy atom. The van der Waals surface area contributed by atoms with Gasteiger partial charge < -0.3 is 10.6 Å². The van der Waals surface area contributed by atoms with Crippen molar-refractivity contribution >= 4 is 11.9 Å². The molecule has 0 aromatic rings. The van der Waals surface area contributed by atoms with E-state index in [1.54, 1.807) is 0 Å². The molecule has 0 aromatic heterocycles. The average Bonchev–Trinajstić information content (AvgIpc) is 2.29. The van der Waals surface area contributed by atoms with E-state index in [2.05, 4.69) is 16.0 Å². The lowest BCUT2D eigenvalue weighted by Gasteiger charge is -2.23. The smallest absolute Gasteiger partial charge is 0.322 e. The van der Waals surface area contributed by atoms with Crippen molar-refractivity contribution in [2.24, 2.45) is 0 Å². The summed E-state index contributed by atoms with van der Waals surface area (Å²) in [7, 11) is 0. The maximum atomic E-state index is 12.1. The molecule has 1 aliphatic carbocycles. The second-order valence-corrected chi connectivity index (χ2v) is 7.28. The molecule has 0 bridgehead atoms. The molecular weight excluding hydrogens is 266 g/mol. The van der Waals surface area contributed by atoms with Gasteiger partial charge in [-0.3, -0.25) is 10.1 Å². The molecule has 0 heterocycles. The Bertz CT molecular complexity index is 342. The van der Waals surface area contributed by atoms with Crippen LogP contribution in [0.1, 0.15) is 72.6 Å². The first-order chi connectivity index (χ1) is 9.78. The number of urea groups is 1. The summed E-state index contributed by atoms with van der Waals surface area (Å²) in [4.78, 5) is 23.8. The van der Waals surface area contributed by atoms with Crippen LogP contribution in [0, 0.1) is 0 Å². The zero-order chi connectivity index (χ0) is 15.9. The van der Waals surface area contributed by atoms with E-state index in [9.17, 15) is 9.59 Å². The lowest BCUT2D eigenvalue weighted by molar-refractivity contribution is -0.708. The maximum absolute atomic E-state index is 12.1. The normalized spacial score (nSPS) is 19.2. The molecule has 1 saturated carbocycles. The molecule has 21 heavy (non-hydrogen) atoms. The van der Waals surface area contributed by atoms with Gasteiger partial charge in [-0.1, -0.05) is 19.3 Å². The molecule has 5 heteroatoms. The first-order valence-corrected chi connectivity index (χ1v) is 8.26. The molecule has 0 saturated heterocycles. The van der Waals surface area contributed by atoms with E-state index in [4.69, 9.17) is 0 Å². The molecule has 0 aromatic carbocycles. The van der Waals surface area contributed by atoms with Gasteiger partial charge in [0.25, 0.3) is 5.91 Å². The Morgan fingerprint density at radius 2 is 1.57 bits per heavy atom. The van der Waals surface area contributed by atoms with Gasteiger partial charge in [0.05, 0.1) is 6.04 Å². The molecule has 5 nitrogen and oxygen atoms in total. The van der Waals surface area contributed by atoms with E-state index in [0.717, 1.165) is 0 Å². The van der Waals surface area contributed by atoms with Gasteiger partial charge in [-0.2, -0.15) is 0 Å². The summed E-state index contributed by atoms with van der Waals surface area (Å²) in [5.74, 6) is -0.209. The Morgan fingerprint density at radius 1 is 1.05 bits per heavy atom. The van der Waals surface area contributed by atoms with Crippen molar-refractivity contribution in [2.45, 2.75) is 90.3 Å². The van der Waals surface area contributed by atoms with Crippen LogP contribution in [0.25, 0.3) is 0 Å². The summed E-state index contributed by atoms with van der Waals surface area (Å²) in [5, 5.41) is 7.31. The topological polar surface area (TPSA) is 74.8 Å². The van der Waals surface area contributed by atoms with Crippen LogP contribution in [-0.2, 0) is 4.79 Å². The maximum Gasteiger partial charge on any atom is 0.322 e. The Hall–Kier alpha value is -1.10. The average molecular weight is 298 g/mol. The summed E-state index contributed by atoms with van der Waals surface area (Å²) in [5.41, 5.74) is -0.336. The zero-order valence-electron chi connectivity index (χ0n) is 14.0. The highest BCUT2D eigenvalue weighted by molar-refractivity contribution is 5.96. The third-order valence-electron chi connectivity index (χ3n) is 3.85. The number of nitrogens with two attached hydrogens (primary N) is 1. The van der Waals surface area contributed by atoms with Crippen molar-refractivity contribution in [1.82, 2.24) is 10.6 Å². The zero-order valence-corrected chi connectivity index (χ0v) is 14.0. The van der Waals surface area contributed by atoms with Crippen LogP contribution in [0.15, 0.2) is 0 Å². The number of rotatable bonds is 3. The highest BCUT2D eigenvalue weighted by Gasteiger charge is 2.24. The van der Waals surface area contributed by atoms with Crippen LogP contribution in [-0.4, -0.2) is 29.6 Å². The van der Waals surface area contributed by atoms with Crippen LogP contribution in [0.3, 0.4) is 0 Å². The Balaban J connectivity index is 2.37. The quantitative estimate of drug-likeness (QED) is 0.741. The summed E-state index contributed by atoms with van der Waals surface area (Å²) in [6.07, 6.45) is 8.80. The number of hydrogen-bond donors (Lipinski definition) is 3. The molecule has 122 valence electrons. The van der Waals surface area contributed by atoms with Gasteiger partial charge in [-0.15, -0.1) is 0 Å². The molecule has 1 rings (SSSR count). The second kappa shape index (κ2) is 8.37. The van der Waals surface area contributed by atoms with Crippen molar-refractivity contribution in [3.8, 4) is 0 Å². The van der Waals surface area contributed by atoms with Gasteiger partial charge >= 0.3 is 6.03 Å². The third-order valence-corrected chi connectivity index (χ3v) is 3.85. The Labute approximate surface area is 128 Å². The van der Waals surface area contributed by atoms with Crippen LogP contribution < -0.4 is 16.0 Å². The lowest BCUT2D eigenvalue weighted by atomic mass is 9.96. The molecule has 0 aliphatic heterocycles. The predicted molar refractivity (Wildman–Crippen MR) is 83.9 cm³/mol. The molecular formula is C16H32N3O2+. The number of carbonyl (C=O) groups is 2. The van der Waals surface area contributed by atoms with E-state index in [-0.39, 0.29) is 17.5 Å². The van der Waals surface area contributed by atoms with E-state index >= 15 is 0 Å². The number of quaternary nitrogens is 1. The highest BCUT2D eigenvalue weighted by atomic mass is 16.2. The van der Waals surface area contributed by atoms with E-state index < -0.39 is 6.03 Å². The molecule has 1 aliphatic rings. The SMILES string of the molecule is C[C@H]([NH2+]C1CCCCCCC1)C(=O)NC(=O)NC(C)(C)C. The predicted octanol–water partition coefficient (Wildman–Crippen LogP) is 1.68. The molecule has 1 fully saturated rings. The molecule has 3 amide bonds. The van der Waals surface area contributed by atoms with Gasteiger partial charge in [0.2, 0.25) is 0 Å². The minimum absolute atomic E-state index is 0.209. The van der Waals surface area contributed by atoms with Crippen molar-refractivity contribution in [3.63, 3.8) is 0 Å². The molecule has 4 N–H and O–H groups in total. The van der Waals surface area contributed by atoms with Crippen LogP contribution in [0.5, 0.6) is 0 Å². The first kappa shape index (κ1) is 18.0.